The van der Waals surface area contributed by atoms with E-state index in [1.165, 1.54) is 18.1 Å². The number of hydrogen-bond acceptors (Lipinski definition) is 6. The molecule has 1 aliphatic heterocycles. The van der Waals surface area contributed by atoms with Gasteiger partial charge in [-0.15, -0.1) is 0 Å². The second-order valence-electron chi connectivity index (χ2n) is 12.2. The third-order valence-electron chi connectivity index (χ3n) is 8.57. The van der Waals surface area contributed by atoms with E-state index in [2.05, 4.69) is 33.9 Å². The number of benzene rings is 2. The van der Waals surface area contributed by atoms with E-state index < -0.39 is 0 Å². The molecule has 2 aliphatic carbocycles. The minimum Gasteiger partial charge on any atom is -0.379 e. The molecule has 10 nitrogen and oxygen atoms in total. The van der Waals surface area contributed by atoms with Crippen LogP contribution in [0.25, 0.3) is 0 Å². The molecule has 2 unspecified atom stereocenters. The van der Waals surface area contributed by atoms with Crippen LogP contribution < -0.4 is 20.9 Å². The van der Waals surface area contributed by atoms with Gasteiger partial charge in [0.1, 0.15) is 5.82 Å². The summed E-state index contributed by atoms with van der Waals surface area (Å²) in [6.45, 7) is 9.26. The van der Waals surface area contributed by atoms with Crippen molar-refractivity contribution in [1.82, 2.24) is 9.88 Å². The molecular formula is C36H46N6O4. The first-order valence-corrected chi connectivity index (χ1v) is 16.1. The molecular weight excluding hydrogens is 580 g/mol. The normalized spacial score (nSPS) is 19.3. The number of anilines is 4. The van der Waals surface area contributed by atoms with Crippen molar-refractivity contribution in [3.63, 3.8) is 0 Å². The van der Waals surface area contributed by atoms with Gasteiger partial charge in [0.15, 0.2) is 0 Å². The number of carbonyl (C=O) groups is 4. The van der Waals surface area contributed by atoms with Gasteiger partial charge in [0, 0.05) is 61.9 Å². The number of nitrogens with one attached hydrogen (secondary N) is 3. The fourth-order valence-electron chi connectivity index (χ4n) is 6.22. The minimum atomic E-state index is -0.131. The fraction of sp³-hybridized carbons (Fsp3) is 0.417. The largest absolute Gasteiger partial charge is 0.379 e. The van der Waals surface area contributed by atoms with E-state index in [4.69, 9.17) is 0 Å². The Kier molecular flexibility index (Phi) is 11.5. The first kappa shape index (κ1) is 34.1. The molecule has 2 aromatic carbocycles. The molecule has 2 heterocycles. The molecule has 1 saturated heterocycles. The maximum Gasteiger partial charge on any atom is 0.225 e. The van der Waals surface area contributed by atoms with Crippen LogP contribution in [0.1, 0.15) is 63.6 Å². The average molecular weight is 627 g/mol. The number of carbonyl (C=O) groups excluding carboxylic acids is 4. The van der Waals surface area contributed by atoms with Gasteiger partial charge in [-0.25, -0.2) is 4.98 Å². The number of hydrogen-bond donors (Lipinski definition) is 3. The Bertz CT molecular complexity index is 1540. The first-order valence-electron chi connectivity index (χ1n) is 16.1. The molecule has 3 aliphatic rings. The summed E-state index contributed by atoms with van der Waals surface area (Å²) in [5.41, 5.74) is 6.00. The monoisotopic (exact) mass is 626 g/mol. The number of likely N-dealkylation sites (tertiary alicyclic amines) is 1. The van der Waals surface area contributed by atoms with Crippen molar-refractivity contribution in [2.75, 3.05) is 41.0 Å². The quantitative estimate of drug-likeness (QED) is 0.274. The van der Waals surface area contributed by atoms with Gasteiger partial charge in [0.2, 0.25) is 24.6 Å². The predicted molar refractivity (Wildman–Crippen MR) is 183 cm³/mol. The van der Waals surface area contributed by atoms with Crippen molar-refractivity contribution < 1.29 is 19.2 Å². The lowest BCUT2D eigenvalue weighted by Crippen LogP contribution is -2.32. The number of aromatic nitrogens is 1. The second kappa shape index (κ2) is 15.5. The Morgan fingerprint density at radius 3 is 2.43 bits per heavy atom. The first-order chi connectivity index (χ1) is 22.2. The van der Waals surface area contributed by atoms with E-state index in [-0.39, 0.29) is 23.3 Å². The van der Waals surface area contributed by atoms with Gasteiger partial charge in [-0.2, -0.15) is 0 Å². The molecule has 3 aromatic rings. The highest BCUT2D eigenvalue weighted by Gasteiger charge is 2.37. The highest BCUT2D eigenvalue weighted by molar-refractivity contribution is 5.88. The van der Waals surface area contributed by atoms with Crippen molar-refractivity contribution in [1.29, 1.82) is 0 Å². The van der Waals surface area contributed by atoms with Gasteiger partial charge in [-0.1, -0.05) is 45.0 Å². The number of nitrogens with zero attached hydrogens (tertiary/aromatic N) is 3. The maximum absolute atomic E-state index is 12.1. The summed E-state index contributed by atoms with van der Waals surface area (Å²) >= 11 is 0. The van der Waals surface area contributed by atoms with Crippen LogP contribution in [-0.4, -0.2) is 60.7 Å². The summed E-state index contributed by atoms with van der Waals surface area (Å²) in [7, 11) is 1.74. The molecule has 6 rings (SSSR count). The summed E-state index contributed by atoms with van der Waals surface area (Å²) in [6, 6.07) is 17.9. The molecule has 2 fully saturated rings. The van der Waals surface area contributed by atoms with E-state index in [1.54, 1.807) is 18.1 Å². The molecule has 3 N–H and O–H groups in total. The molecule has 2 atom stereocenters. The molecule has 0 radical (unpaired) electrons. The van der Waals surface area contributed by atoms with Crippen LogP contribution in [0.2, 0.25) is 0 Å². The van der Waals surface area contributed by atoms with Crippen molar-refractivity contribution in [2.45, 2.75) is 71.3 Å². The zero-order valence-corrected chi connectivity index (χ0v) is 27.5. The standard InChI is InChI=1S/C18H19N3O2.C16H21N3O2.C2H6/c1-12(23)21-17-16(4-3-7-19-17)18(2)9-13-5-6-15(20-11-22)8-14(13)10-18;1-18(11-20)15-5-3-2-4-14(15)17-13-8-9-19(10-13)16(21)12-6-7-12;1-2/h3-8,11H,9-10H2,1-2H3,(H,20,22)(H,19,21,23);2-5,11-13,17H,6-10H2,1H3;1-2H3. The molecule has 0 spiro atoms. The van der Waals surface area contributed by atoms with Gasteiger partial charge in [-0.3, -0.25) is 19.2 Å². The van der Waals surface area contributed by atoms with Crippen LogP contribution in [0, 0.1) is 5.92 Å². The molecule has 10 heteroatoms. The van der Waals surface area contributed by atoms with Crippen LogP contribution >= 0.6 is 0 Å². The van der Waals surface area contributed by atoms with E-state index in [9.17, 15) is 19.2 Å². The Morgan fingerprint density at radius 2 is 1.74 bits per heavy atom. The van der Waals surface area contributed by atoms with Crippen molar-refractivity contribution in [2.24, 2.45) is 5.92 Å². The van der Waals surface area contributed by atoms with Crippen molar-refractivity contribution in [3.8, 4) is 0 Å². The van der Waals surface area contributed by atoms with Crippen molar-refractivity contribution >= 4 is 47.5 Å². The van der Waals surface area contributed by atoms with E-state index >= 15 is 0 Å². The summed E-state index contributed by atoms with van der Waals surface area (Å²) in [6.07, 6.45) is 7.96. The highest BCUT2D eigenvalue weighted by Crippen LogP contribution is 2.42. The average Bonchev–Trinajstić information content (AvgIpc) is 3.71. The Hall–Kier alpha value is -4.73. The number of para-hydroxylation sites is 2. The second-order valence-corrected chi connectivity index (χ2v) is 12.2. The summed E-state index contributed by atoms with van der Waals surface area (Å²) in [4.78, 5) is 52.9. The van der Waals surface area contributed by atoms with Gasteiger partial charge >= 0.3 is 0 Å². The van der Waals surface area contributed by atoms with Crippen LogP contribution in [0.4, 0.5) is 22.9 Å². The summed E-state index contributed by atoms with van der Waals surface area (Å²) in [5, 5.41) is 8.99. The number of fused-ring (bicyclic) bond motifs is 1. The number of rotatable bonds is 9. The predicted octanol–water partition coefficient (Wildman–Crippen LogP) is 5.39. The molecule has 1 saturated carbocycles. The molecule has 1 aromatic heterocycles. The van der Waals surface area contributed by atoms with Gasteiger partial charge in [0.05, 0.1) is 11.4 Å². The van der Waals surface area contributed by atoms with Crippen LogP contribution in [-0.2, 0) is 37.4 Å². The lowest BCUT2D eigenvalue weighted by molar-refractivity contribution is -0.131. The van der Waals surface area contributed by atoms with E-state index in [1.807, 2.05) is 67.3 Å². The van der Waals surface area contributed by atoms with Crippen molar-refractivity contribution in [3.05, 3.63) is 77.5 Å². The van der Waals surface area contributed by atoms with E-state index in [0.29, 0.717) is 18.1 Å². The molecule has 244 valence electrons. The van der Waals surface area contributed by atoms with E-state index in [0.717, 1.165) is 74.2 Å². The third kappa shape index (κ3) is 8.29. The Balaban J connectivity index is 0.000000199. The van der Waals surface area contributed by atoms with Gasteiger partial charge < -0.3 is 25.8 Å². The maximum atomic E-state index is 12.1. The summed E-state index contributed by atoms with van der Waals surface area (Å²) in [5.74, 6) is 1.11. The van der Waals surface area contributed by atoms with Crippen LogP contribution in [0.15, 0.2) is 60.8 Å². The molecule has 4 amide bonds. The lowest BCUT2D eigenvalue weighted by Gasteiger charge is -2.26. The zero-order valence-electron chi connectivity index (χ0n) is 27.5. The van der Waals surface area contributed by atoms with Gasteiger partial charge in [0.25, 0.3) is 0 Å². The number of pyridine rings is 1. The van der Waals surface area contributed by atoms with Crippen LogP contribution in [0.5, 0.6) is 0 Å². The van der Waals surface area contributed by atoms with Crippen LogP contribution in [0.3, 0.4) is 0 Å². The summed E-state index contributed by atoms with van der Waals surface area (Å²) < 4.78 is 0. The minimum absolute atomic E-state index is 0.124. The smallest absolute Gasteiger partial charge is 0.225 e. The lowest BCUT2D eigenvalue weighted by atomic mass is 9.80. The molecule has 0 bridgehead atoms. The fourth-order valence-corrected chi connectivity index (χ4v) is 6.22. The zero-order chi connectivity index (χ0) is 33.3. The topological polar surface area (TPSA) is 124 Å². The van der Waals surface area contributed by atoms with Gasteiger partial charge in [-0.05, 0) is 73.6 Å². The molecule has 46 heavy (non-hydrogen) atoms. The Morgan fingerprint density at radius 1 is 1.00 bits per heavy atom. The third-order valence-corrected chi connectivity index (χ3v) is 8.57. The SMILES string of the molecule is CC.CC(=O)Nc1ncccc1C1(C)Cc2ccc(NC=O)cc2C1.CN(C=O)c1ccccc1NC1CCN(C(=O)C2CC2)C1. The highest BCUT2D eigenvalue weighted by atomic mass is 16.2. The Labute approximate surface area is 272 Å². The number of amides is 4.